The largest absolute Gasteiger partial charge is 0.465 e. The molecule has 0 aliphatic rings. The van der Waals surface area contributed by atoms with Crippen LogP contribution in [0.3, 0.4) is 0 Å². The van der Waals surface area contributed by atoms with Gasteiger partial charge < -0.3 is 14.6 Å². The van der Waals surface area contributed by atoms with Crippen molar-refractivity contribution in [1.82, 2.24) is 0 Å². The van der Waals surface area contributed by atoms with E-state index in [9.17, 15) is 14.7 Å². The van der Waals surface area contributed by atoms with Crippen LogP contribution < -0.4 is 0 Å². The van der Waals surface area contributed by atoms with Crippen LogP contribution in [0.1, 0.15) is 25.5 Å². The Kier molecular flexibility index (Phi) is 6.48. The Hall–Kier alpha value is -1.59. The molecule has 0 aromatic heterocycles. The Labute approximate surface area is 122 Å². The lowest BCUT2D eigenvalue weighted by Crippen LogP contribution is -2.33. The predicted molar refractivity (Wildman–Crippen MR) is 73.2 cm³/mol. The number of hydrogen-bond acceptors (Lipinski definition) is 5. The molecule has 0 fully saturated rings. The zero-order valence-corrected chi connectivity index (χ0v) is 12.1. The van der Waals surface area contributed by atoms with E-state index < -0.39 is 24.0 Å². The van der Waals surface area contributed by atoms with Gasteiger partial charge in [0, 0.05) is 5.02 Å². The van der Waals surface area contributed by atoms with E-state index in [4.69, 9.17) is 21.1 Å². The first-order valence-corrected chi connectivity index (χ1v) is 6.65. The second kappa shape index (κ2) is 7.87. The number of carbonyl (C=O) groups is 2. The van der Waals surface area contributed by atoms with E-state index in [0.29, 0.717) is 10.6 Å². The molecule has 110 valence electrons. The fourth-order valence-corrected chi connectivity index (χ4v) is 1.90. The first-order chi connectivity index (χ1) is 9.51. The van der Waals surface area contributed by atoms with Crippen LogP contribution in [-0.4, -0.2) is 30.3 Å². The summed E-state index contributed by atoms with van der Waals surface area (Å²) in [5.41, 5.74) is 0.351. The van der Waals surface area contributed by atoms with Crippen LogP contribution in [0.5, 0.6) is 0 Å². The number of benzene rings is 1. The van der Waals surface area contributed by atoms with E-state index in [-0.39, 0.29) is 13.2 Å². The van der Waals surface area contributed by atoms with E-state index >= 15 is 0 Å². The van der Waals surface area contributed by atoms with Crippen LogP contribution in [0.4, 0.5) is 0 Å². The van der Waals surface area contributed by atoms with Crippen LogP contribution in [0.25, 0.3) is 0 Å². The van der Waals surface area contributed by atoms with Gasteiger partial charge in [-0.1, -0.05) is 23.7 Å². The molecule has 20 heavy (non-hydrogen) atoms. The topological polar surface area (TPSA) is 72.8 Å². The molecule has 0 heterocycles. The summed E-state index contributed by atoms with van der Waals surface area (Å²) in [5, 5.41) is 10.6. The lowest BCUT2D eigenvalue weighted by Gasteiger charge is -2.20. The Morgan fingerprint density at radius 1 is 1.20 bits per heavy atom. The Morgan fingerprint density at radius 3 is 2.20 bits per heavy atom. The molecule has 1 atom stereocenters. The third-order valence-electron chi connectivity index (χ3n) is 2.59. The van der Waals surface area contributed by atoms with E-state index in [1.54, 1.807) is 32.0 Å². The summed E-state index contributed by atoms with van der Waals surface area (Å²) in [6.07, 6.45) is -1.37. The zero-order chi connectivity index (χ0) is 15.1. The molecule has 1 unspecified atom stereocenters. The number of rotatable bonds is 6. The molecule has 1 rings (SSSR count). The predicted octanol–water partition coefficient (Wildman–Crippen LogP) is 2.12. The van der Waals surface area contributed by atoms with E-state index in [0.717, 1.165) is 0 Å². The minimum absolute atomic E-state index is 0.108. The second-order valence-corrected chi connectivity index (χ2v) is 4.42. The highest BCUT2D eigenvalue weighted by Gasteiger charge is 2.37. The van der Waals surface area contributed by atoms with Gasteiger partial charge in [0.05, 0.1) is 13.2 Å². The molecule has 5 nitrogen and oxygen atoms in total. The van der Waals surface area contributed by atoms with Gasteiger partial charge in [0.15, 0.2) is 5.92 Å². The lowest BCUT2D eigenvalue weighted by atomic mass is 9.96. The SMILES string of the molecule is CCOC(=O)C(C(=O)OCC)C(O)c1cccc(Cl)c1. The smallest absolute Gasteiger partial charge is 0.323 e. The number of aliphatic hydroxyl groups is 1. The van der Waals surface area contributed by atoms with Gasteiger partial charge in [-0.25, -0.2) is 0 Å². The number of halogens is 1. The monoisotopic (exact) mass is 300 g/mol. The first kappa shape index (κ1) is 16.5. The molecule has 1 aromatic carbocycles. The van der Waals surface area contributed by atoms with Gasteiger partial charge in [0.2, 0.25) is 0 Å². The van der Waals surface area contributed by atoms with Crippen molar-refractivity contribution >= 4 is 23.5 Å². The van der Waals surface area contributed by atoms with Crippen molar-refractivity contribution in [2.45, 2.75) is 20.0 Å². The van der Waals surface area contributed by atoms with Gasteiger partial charge in [-0.15, -0.1) is 0 Å². The normalized spacial score (nSPS) is 12.1. The van der Waals surface area contributed by atoms with E-state index in [2.05, 4.69) is 0 Å². The number of ether oxygens (including phenoxy) is 2. The van der Waals surface area contributed by atoms with Gasteiger partial charge in [-0.3, -0.25) is 9.59 Å². The van der Waals surface area contributed by atoms with Gasteiger partial charge in [0.1, 0.15) is 6.10 Å². The summed E-state index contributed by atoms with van der Waals surface area (Å²) in [5.74, 6) is -3.06. The highest BCUT2D eigenvalue weighted by molar-refractivity contribution is 6.30. The maximum Gasteiger partial charge on any atom is 0.323 e. The Morgan fingerprint density at radius 2 is 1.75 bits per heavy atom. The molecule has 0 saturated carbocycles. The molecule has 1 aromatic rings. The van der Waals surface area contributed by atoms with Gasteiger partial charge >= 0.3 is 11.9 Å². The van der Waals surface area contributed by atoms with Gasteiger partial charge in [0.25, 0.3) is 0 Å². The summed E-state index contributed by atoms with van der Waals surface area (Å²) in [7, 11) is 0. The van der Waals surface area contributed by atoms with Crippen molar-refractivity contribution in [3.8, 4) is 0 Å². The molecule has 0 saturated heterocycles. The first-order valence-electron chi connectivity index (χ1n) is 6.28. The molecular weight excluding hydrogens is 284 g/mol. The highest BCUT2D eigenvalue weighted by atomic mass is 35.5. The molecule has 0 amide bonds. The number of aliphatic hydroxyl groups excluding tert-OH is 1. The highest BCUT2D eigenvalue weighted by Crippen LogP contribution is 2.26. The van der Waals surface area contributed by atoms with Crippen LogP contribution in [0, 0.1) is 5.92 Å². The van der Waals surface area contributed by atoms with Crippen LogP contribution >= 0.6 is 11.6 Å². The summed E-state index contributed by atoms with van der Waals surface area (Å²) < 4.78 is 9.62. The summed E-state index contributed by atoms with van der Waals surface area (Å²) >= 11 is 5.83. The molecule has 1 N–H and O–H groups in total. The molecule has 0 spiro atoms. The zero-order valence-electron chi connectivity index (χ0n) is 11.3. The summed E-state index contributed by atoms with van der Waals surface area (Å²) in [6.45, 7) is 3.45. The van der Waals surface area contributed by atoms with Crippen molar-refractivity contribution in [3.63, 3.8) is 0 Å². The summed E-state index contributed by atoms with van der Waals surface area (Å²) in [4.78, 5) is 23.7. The molecular formula is C14H17ClO5. The Balaban J connectivity index is 3.02. The average Bonchev–Trinajstić information content (AvgIpc) is 2.39. The quantitative estimate of drug-likeness (QED) is 0.643. The molecule has 0 radical (unpaired) electrons. The minimum Gasteiger partial charge on any atom is -0.465 e. The minimum atomic E-state index is -1.42. The average molecular weight is 301 g/mol. The van der Waals surface area contributed by atoms with Crippen molar-refractivity contribution < 1.29 is 24.2 Å². The Bertz CT molecular complexity index is 456. The number of carbonyl (C=O) groups excluding carboxylic acids is 2. The third kappa shape index (κ3) is 4.21. The maximum atomic E-state index is 11.8. The second-order valence-electron chi connectivity index (χ2n) is 3.98. The standard InChI is InChI=1S/C14H17ClO5/c1-3-19-13(17)11(14(18)20-4-2)12(16)9-6-5-7-10(15)8-9/h5-8,11-12,16H,3-4H2,1-2H3. The van der Waals surface area contributed by atoms with E-state index in [1.807, 2.05) is 0 Å². The molecule has 0 aliphatic carbocycles. The molecule has 0 aliphatic heterocycles. The van der Waals surface area contributed by atoms with Crippen LogP contribution in [-0.2, 0) is 19.1 Å². The fourth-order valence-electron chi connectivity index (χ4n) is 1.70. The maximum absolute atomic E-state index is 11.8. The van der Waals surface area contributed by atoms with E-state index in [1.165, 1.54) is 6.07 Å². The van der Waals surface area contributed by atoms with Crippen LogP contribution in [0.15, 0.2) is 24.3 Å². The number of esters is 2. The third-order valence-corrected chi connectivity index (χ3v) is 2.82. The number of hydrogen-bond donors (Lipinski definition) is 1. The van der Waals surface area contributed by atoms with Crippen molar-refractivity contribution in [2.75, 3.05) is 13.2 Å². The lowest BCUT2D eigenvalue weighted by molar-refractivity contribution is -0.167. The van der Waals surface area contributed by atoms with Crippen molar-refractivity contribution in [2.24, 2.45) is 5.92 Å². The van der Waals surface area contributed by atoms with Crippen molar-refractivity contribution in [3.05, 3.63) is 34.9 Å². The van der Waals surface area contributed by atoms with Crippen molar-refractivity contribution in [1.29, 1.82) is 0 Å². The van der Waals surface area contributed by atoms with Gasteiger partial charge in [-0.05, 0) is 31.5 Å². The van der Waals surface area contributed by atoms with Crippen LogP contribution in [0.2, 0.25) is 5.02 Å². The fraction of sp³-hybridized carbons (Fsp3) is 0.429. The molecule has 0 bridgehead atoms. The van der Waals surface area contributed by atoms with Gasteiger partial charge in [-0.2, -0.15) is 0 Å². The molecule has 6 heteroatoms. The summed E-state index contributed by atoms with van der Waals surface area (Å²) in [6, 6.07) is 6.30.